The molecule has 0 aliphatic carbocycles. The molecule has 0 aliphatic heterocycles. The summed E-state index contributed by atoms with van der Waals surface area (Å²) in [4.78, 5) is 7.62. The fraction of sp³-hybridized carbons (Fsp3) is 0.0714. The number of halogens is 1. The molecule has 1 aromatic heterocycles. The van der Waals surface area contributed by atoms with Crippen LogP contribution in [0.25, 0.3) is 22.4 Å². The van der Waals surface area contributed by atoms with Crippen LogP contribution in [0.3, 0.4) is 0 Å². The van der Waals surface area contributed by atoms with Crippen LogP contribution in [0.2, 0.25) is 5.02 Å². The minimum Gasteiger partial charge on any atom is -0.503 e. The maximum atomic E-state index is 9.92. The molecule has 0 atom stereocenters. The first kappa shape index (κ1) is 11.9. The lowest BCUT2D eigenvalue weighted by molar-refractivity contribution is 0.374. The number of para-hydroxylation sites is 2. The Hall–Kier alpha value is -2.20. The molecular weight excluding hydrogens is 264 g/mol. The maximum Gasteiger partial charge on any atom is 0.177 e. The third-order valence-electron chi connectivity index (χ3n) is 2.94. The summed E-state index contributed by atoms with van der Waals surface area (Å²) in [6, 6.07) is 11.1. The van der Waals surface area contributed by atoms with Gasteiger partial charge in [0, 0.05) is 5.56 Å². The van der Waals surface area contributed by atoms with E-state index in [2.05, 4.69) is 9.97 Å². The molecule has 0 bridgehead atoms. The molecule has 0 spiro atoms. The Balaban J connectivity index is 2.18. The fourth-order valence-corrected chi connectivity index (χ4v) is 2.22. The number of hydrogen-bond acceptors (Lipinski definition) is 3. The van der Waals surface area contributed by atoms with E-state index in [0.717, 1.165) is 11.0 Å². The Morgan fingerprint density at radius 3 is 2.74 bits per heavy atom. The SMILES string of the molecule is COc1ccc(-c2nc3ccccc3[nH]2)c(Cl)c1O. The van der Waals surface area contributed by atoms with Crippen molar-refractivity contribution in [2.45, 2.75) is 0 Å². The highest BCUT2D eigenvalue weighted by Crippen LogP contribution is 2.40. The Labute approximate surface area is 114 Å². The molecule has 2 N–H and O–H groups in total. The summed E-state index contributed by atoms with van der Waals surface area (Å²) in [5.74, 6) is 0.871. The average molecular weight is 275 g/mol. The molecule has 96 valence electrons. The molecule has 1 heterocycles. The second-order valence-corrected chi connectivity index (χ2v) is 4.46. The monoisotopic (exact) mass is 274 g/mol. The van der Waals surface area contributed by atoms with Gasteiger partial charge in [0.2, 0.25) is 0 Å². The summed E-state index contributed by atoms with van der Waals surface area (Å²) in [6.45, 7) is 0. The number of nitrogens with zero attached hydrogens (tertiary/aromatic N) is 1. The van der Waals surface area contributed by atoms with Gasteiger partial charge in [-0.15, -0.1) is 0 Å². The van der Waals surface area contributed by atoms with E-state index in [1.54, 1.807) is 12.1 Å². The number of nitrogens with one attached hydrogen (secondary N) is 1. The zero-order valence-electron chi connectivity index (χ0n) is 10.1. The van der Waals surface area contributed by atoms with Gasteiger partial charge in [-0.1, -0.05) is 23.7 Å². The largest absolute Gasteiger partial charge is 0.503 e. The maximum absolute atomic E-state index is 9.92. The average Bonchev–Trinajstić information content (AvgIpc) is 2.85. The van der Waals surface area contributed by atoms with Crippen molar-refractivity contribution in [3.63, 3.8) is 0 Å². The van der Waals surface area contributed by atoms with Gasteiger partial charge in [0.1, 0.15) is 5.82 Å². The van der Waals surface area contributed by atoms with Crippen molar-refractivity contribution in [3.05, 3.63) is 41.4 Å². The van der Waals surface area contributed by atoms with Gasteiger partial charge < -0.3 is 14.8 Å². The van der Waals surface area contributed by atoms with Crippen LogP contribution in [0.4, 0.5) is 0 Å². The number of hydrogen-bond donors (Lipinski definition) is 2. The third kappa shape index (κ3) is 1.90. The highest BCUT2D eigenvalue weighted by Gasteiger charge is 2.15. The quantitative estimate of drug-likeness (QED) is 0.751. The molecule has 5 heteroatoms. The Morgan fingerprint density at radius 1 is 1.21 bits per heavy atom. The van der Waals surface area contributed by atoms with Gasteiger partial charge in [-0.05, 0) is 24.3 Å². The first-order valence-corrected chi connectivity index (χ1v) is 6.09. The van der Waals surface area contributed by atoms with Crippen LogP contribution in [-0.4, -0.2) is 22.2 Å². The molecule has 4 nitrogen and oxygen atoms in total. The zero-order chi connectivity index (χ0) is 13.4. The van der Waals surface area contributed by atoms with Crippen LogP contribution in [0.1, 0.15) is 0 Å². The topological polar surface area (TPSA) is 58.1 Å². The normalized spacial score (nSPS) is 10.8. The van der Waals surface area contributed by atoms with Gasteiger partial charge in [0.25, 0.3) is 0 Å². The van der Waals surface area contributed by atoms with Crippen molar-refractivity contribution in [3.8, 4) is 22.9 Å². The van der Waals surface area contributed by atoms with Crippen LogP contribution < -0.4 is 4.74 Å². The summed E-state index contributed by atoms with van der Waals surface area (Å²) in [6.07, 6.45) is 0. The summed E-state index contributed by atoms with van der Waals surface area (Å²) in [5.41, 5.74) is 2.41. The van der Waals surface area contributed by atoms with E-state index >= 15 is 0 Å². The number of benzene rings is 2. The number of ether oxygens (including phenoxy) is 1. The molecule has 0 saturated carbocycles. The lowest BCUT2D eigenvalue weighted by Gasteiger charge is -2.07. The van der Waals surface area contributed by atoms with Crippen molar-refractivity contribution in [2.24, 2.45) is 0 Å². The second kappa shape index (κ2) is 4.48. The molecular formula is C14H11ClN2O2. The molecule has 3 aromatic rings. The van der Waals surface area contributed by atoms with Gasteiger partial charge in [-0.2, -0.15) is 0 Å². The number of aromatic amines is 1. The number of methoxy groups -OCH3 is 1. The van der Waals surface area contributed by atoms with Gasteiger partial charge in [-0.3, -0.25) is 0 Å². The van der Waals surface area contributed by atoms with E-state index in [9.17, 15) is 5.11 Å². The van der Waals surface area contributed by atoms with Gasteiger partial charge in [-0.25, -0.2) is 4.98 Å². The van der Waals surface area contributed by atoms with E-state index in [1.165, 1.54) is 7.11 Å². The smallest absolute Gasteiger partial charge is 0.177 e. The fourth-order valence-electron chi connectivity index (χ4n) is 1.97. The van der Waals surface area contributed by atoms with Crippen molar-refractivity contribution < 1.29 is 9.84 Å². The second-order valence-electron chi connectivity index (χ2n) is 4.08. The van der Waals surface area contributed by atoms with Gasteiger partial charge in [0.15, 0.2) is 11.5 Å². The van der Waals surface area contributed by atoms with E-state index in [4.69, 9.17) is 16.3 Å². The molecule has 2 aromatic carbocycles. The predicted molar refractivity (Wildman–Crippen MR) is 74.8 cm³/mol. The molecule has 0 unspecified atom stereocenters. The van der Waals surface area contributed by atoms with Crippen LogP contribution in [0.5, 0.6) is 11.5 Å². The molecule has 0 radical (unpaired) electrons. The molecule has 0 saturated heterocycles. The zero-order valence-corrected chi connectivity index (χ0v) is 10.9. The minimum absolute atomic E-state index is 0.0814. The standard InChI is InChI=1S/C14H11ClN2O2/c1-19-11-7-6-8(12(15)13(11)18)14-16-9-4-2-3-5-10(9)17-14/h2-7,18H,1H3,(H,16,17). The predicted octanol–water partition coefficient (Wildman–Crippen LogP) is 3.60. The number of phenolic OH excluding ortho intramolecular Hbond substituents is 1. The lowest BCUT2D eigenvalue weighted by Crippen LogP contribution is -1.87. The summed E-state index contributed by atoms with van der Waals surface area (Å²) >= 11 is 6.15. The van der Waals surface area contributed by atoms with Crippen LogP contribution in [0, 0.1) is 0 Å². The molecule has 0 fully saturated rings. The van der Waals surface area contributed by atoms with Crippen molar-refractivity contribution in [2.75, 3.05) is 7.11 Å². The lowest BCUT2D eigenvalue weighted by atomic mass is 10.2. The number of H-pyrrole nitrogens is 1. The Morgan fingerprint density at radius 2 is 2.00 bits per heavy atom. The van der Waals surface area contributed by atoms with Crippen LogP contribution in [-0.2, 0) is 0 Å². The van der Waals surface area contributed by atoms with Gasteiger partial charge >= 0.3 is 0 Å². The van der Waals surface area contributed by atoms with E-state index in [0.29, 0.717) is 17.1 Å². The highest BCUT2D eigenvalue weighted by molar-refractivity contribution is 6.35. The number of phenols is 1. The van der Waals surface area contributed by atoms with E-state index in [-0.39, 0.29) is 10.8 Å². The molecule has 3 rings (SSSR count). The Bertz CT molecular complexity index is 719. The number of fused-ring (bicyclic) bond motifs is 1. The summed E-state index contributed by atoms with van der Waals surface area (Å²) in [5, 5.41) is 10.1. The number of rotatable bonds is 2. The molecule has 19 heavy (non-hydrogen) atoms. The van der Waals surface area contributed by atoms with Crippen molar-refractivity contribution in [1.82, 2.24) is 9.97 Å². The van der Waals surface area contributed by atoms with Crippen molar-refractivity contribution in [1.29, 1.82) is 0 Å². The summed E-state index contributed by atoms with van der Waals surface area (Å²) in [7, 11) is 1.48. The number of aromatic hydroxyl groups is 1. The summed E-state index contributed by atoms with van der Waals surface area (Å²) < 4.78 is 5.01. The number of imidazole rings is 1. The third-order valence-corrected chi connectivity index (χ3v) is 3.33. The van der Waals surface area contributed by atoms with E-state index in [1.807, 2.05) is 24.3 Å². The molecule has 0 amide bonds. The van der Waals surface area contributed by atoms with Gasteiger partial charge in [0.05, 0.1) is 23.2 Å². The minimum atomic E-state index is -0.0814. The van der Waals surface area contributed by atoms with Crippen LogP contribution >= 0.6 is 11.6 Å². The first-order chi connectivity index (χ1) is 9.20. The van der Waals surface area contributed by atoms with Crippen LogP contribution in [0.15, 0.2) is 36.4 Å². The molecule has 0 aliphatic rings. The van der Waals surface area contributed by atoms with Crippen molar-refractivity contribution >= 4 is 22.6 Å². The highest BCUT2D eigenvalue weighted by atomic mass is 35.5. The Kier molecular flexibility index (Phi) is 2.80. The number of aromatic nitrogens is 2. The van der Waals surface area contributed by atoms with E-state index < -0.39 is 0 Å². The first-order valence-electron chi connectivity index (χ1n) is 5.71.